The number of hydrogen-bond acceptors (Lipinski definition) is 6. The fourth-order valence-electron chi connectivity index (χ4n) is 4.07. The maximum absolute atomic E-state index is 12.8. The third-order valence-electron chi connectivity index (χ3n) is 5.74. The number of amides is 2. The molecule has 1 heterocycles. The smallest absolute Gasteiger partial charge is 0.407 e. The Morgan fingerprint density at radius 3 is 2.31 bits per heavy atom. The molecule has 1 aromatic heterocycles. The van der Waals surface area contributed by atoms with E-state index in [-0.39, 0.29) is 24.6 Å². The molecule has 178 valence electrons. The van der Waals surface area contributed by atoms with Crippen LogP contribution in [0.4, 0.5) is 4.79 Å². The largest absolute Gasteiger partial charge is 0.476 e. The summed E-state index contributed by atoms with van der Waals surface area (Å²) in [4.78, 5) is 40.4. The lowest BCUT2D eigenvalue weighted by Gasteiger charge is -2.20. The van der Waals surface area contributed by atoms with E-state index in [2.05, 4.69) is 21.5 Å². The third kappa shape index (κ3) is 5.18. The molecule has 3 aromatic rings. The van der Waals surface area contributed by atoms with Gasteiger partial charge in [0, 0.05) is 17.7 Å². The van der Waals surface area contributed by atoms with Crippen molar-refractivity contribution < 1.29 is 24.2 Å². The van der Waals surface area contributed by atoms with Crippen LogP contribution in [-0.2, 0) is 9.53 Å². The first-order valence-corrected chi connectivity index (χ1v) is 11.8. The van der Waals surface area contributed by atoms with Crippen LogP contribution in [0.5, 0.6) is 0 Å². The van der Waals surface area contributed by atoms with Crippen LogP contribution in [0.15, 0.2) is 53.9 Å². The van der Waals surface area contributed by atoms with Gasteiger partial charge in [-0.05, 0) is 29.2 Å². The molecule has 0 radical (unpaired) electrons. The van der Waals surface area contributed by atoms with Gasteiger partial charge in [-0.25, -0.2) is 14.6 Å². The summed E-state index contributed by atoms with van der Waals surface area (Å²) in [6, 6.07) is 14.4. The number of hydrogen-bond donors (Lipinski definition) is 3. The molecule has 2 unspecified atom stereocenters. The summed E-state index contributed by atoms with van der Waals surface area (Å²) in [6.45, 7) is 1.78. The van der Waals surface area contributed by atoms with Crippen molar-refractivity contribution in [3.05, 3.63) is 75.7 Å². The molecule has 9 heteroatoms. The number of aromatic nitrogens is 1. The van der Waals surface area contributed by atoms with Gasteiger partial charge in [0.15, 0.2) is 5.69 Å². The van der Waals surface area contributed by atoms with Gasteiger partial charge in [0.1, 0.15) is 17.7 Å². The van der Waals surface area contributed by atoms with Crippen molar-refractivity contribution in [2.24, 2.45) is 0 Å². The molecule has 1 aliphatic carbocycles. The average Bonchev–Trinajstić information content (AvgIpc) is 3.46. The number of ether oxygens (including phenoxy) is 1. The molecule has 0 saturated heterocycles. The number of carbonyl (C=O) groups is 3. The van der Waals surface area contributed by atoms with Gasteiger partial charge in [0.05, 0.1) is 6.04 Å². The average molecular weight is 490 g/mol. The Kier molecular flexibility index (Phi) is 7.13. The number of nitrogens with zero attached hydrogens (tertiary/aromatic N) is 1. The highest BCUT2D eigenvalue weighted by atomic mass is 32.1. The first-order chi connectivity index (χ1) is 16.9. The summed E-state index contributed by atoms with van der Waals surface area (Å²) in [7, 11) is 0. The Morgan fingerprint density at radius 2 is 1.74 bits per heavy atom. The van der Waals surface area contributed by atoms with Gasteiger partial charge < -0.3 is 20.5 Å². The zero-order valence-corrected chi connectivity index (χ0v) is 19.7. The molecule has 8 nitrogen and oxygen atoms in total. The van der Waals surface area contributed by atoms with Crippen molar-refractivity contribution in [2.75, 3.05) is 6.61 Å². The van der Waals surface area contributed by atoms with Crippen LogP contribution < -0.4 is 10.6 Å². The van der Waals surface area contributed by atoms with Crippen molar-refractivity contribution >= 4 is 29.3 Å². The Balaban J connectivity index is 1.38. The van der Waals surface area contributed by atoms with Gasteiger partial charge >= 0.3 is 12.1 Å². The molecule has 3 N–H and O–H groups in total. The number of nitrogens with one attached hydrogen (secondary N) is 2. The monoisotopic (exact) mass is 489 g/mol. The molecule has 0 fully saturated rings. The van der Waals surface area contributed by atoms with Crippen LogP contribution in [0.3, 0.4) is 0 Å². The fourth-order valence-corrected chi connectivity index (χ4v) is 4.87. The highest BCUT2D eigenvalue weighted by Crippen LogP contribution is 2.44. The summed E-state index contributed by atoms with van der Waals surface area (Å²) in [5.74, 6) is 0.615. The van der Waals surface area contributed by atoms with Gasteiger partial charge in [0.2, 0.25) is 5.91 Å². The van der Waals surface area contributed by atoms with Crippen LogP contribution in [0.1, 0.15) is 51.9 Å². The zero-order chi connectivity index (χ0) is 24.9. The van der Waals surface area contributed by atoms with E-state index in [1.165, 1.54) is 5.38 Å². The molecule has 0 aliphatic heterocycles. The van der Waals surface area contributed by atoms with Gasteiger partial charge in [-0.15, -0.1) is 23.7 Å². The number of aromatic carboxylic acids is 1. The lowest BCUT2D eigenvalue weighted by molar-refractivity contribution is -0.123. The summed E-state index contributed by atoms with van der Waals surface area (Å²) in [5.41, 5.74) is 4.30. The highest BCUT2D eigenvalue weighted by molar-refractivity contribution is 7.09. The molecule has 1 aliphatic rings. The van der Waals surface area contributed by atoms with E-state index in [1.54, 1.807) is 6.92 Å². The number of benzene rings is 2. The first kappa shape index (κ1) is 24.0. The number of thiazole rings is 1. The first-order valence-electron chi connectivity index (χ1n) is 10.9. The highest BCUT2D eigenvalue weighted by Gasteiger charge is 2.30. The van der Waals surface area contributed by atoms with E-state index in [1.807, 2.05) is 48.5 Å². The maximum atomic E-state index is 12.8. The molecule has 2 atom stereocenters. The van der Waals surface area contributed by atoms with Gasteiger partial charge in [0.25, 0.3) is 0 Å². The molecular formula is C26H23N3O5S. The lowest BCUT2D eigenvalue weighted by atomic mass is 9.98. The van der Waals surface area contributed by atoms with E-state index >= 15 is 0 Å². The minimum atomic E-state index is -1.15. The molecule has 4 rings (SSSR count). The normalized spacial score (nSPS) is 13.6. The standard InChI is InChI=1S/C26H23N3O5S/c1-3-8-21(23(30)27-15(2)24-28-22(14-35-24)25(31)32)29-26(33)34-13-20-18-11-6-4-9-16(18)17-10-5-7-12-19(17)20/h1,4-7,9-12,14-15,20-21H,8,13H2,2H3,(H,27,30)(H,29,33)(H,31,32). The molecule has 0 bridgehead atoms. The number of terminal acetylenes is 1. The number of alkyl carbamates (subject to hydrolysis) is 1. The van der Waals surface area contributed by atoms with E-state index < -0.39 is 30.1 Å². The molecule has 2 amide bonds. The lowest BCUT2D eigenvalue weighted by Crippen LogP contribution is -2.47. The van der Waals surface area contributed by atoms with Crippen molar-refractivity contribution in [1.29, 1.82) is 0 Å². The molecule has 0 saturated carbocycles. The SMILES string of the molecule is C#CCC(NC(=O)OCC1c2ccccc2-c2ccccc21)C(=O)NC(C)c1nc(C(=O)O)cs1. The van der Waals surface area contributed by atoms with Crippen molar-refractivity contribution in [3.8, 4) is 23.5 Å². The Hall–Kier alpha value is -4.16. The van der Waals surface area contributed by atoms with Gasteiger partial charge in [-0.3, -0.25) is 4.79 Å². The van der Waals surface area contributed by atoms with Crippen LogP contribution in [0, 0.1) is 12.3 Å². The van der Waals surface area contributed by atoms with Crippen molar-refractivity contribution in [3.63, 3.8) is 0 Å². The Labute approximate surface area is 206 Å². The third-order valence-corrected chi connectivity index (χ3v) is 6.77. The van der Waals surface area contributed by atoms with E-state index in [0.29, 0.717) is 5.01 Å². The zero-order valence-electron chi connectivity index (χ0n) is 18.9. The summed E-state index contributed by atoms with van der Waals surface area (Å²) >= 11 is 1.12. The molecule has 35 heavy (non-hydrogen) atoms. The number of carbonyl (C=O) groups excluding carboxylic acids is 2. The Bertz CT molecular complexity index is 1270. The van der Waals surface area contributed by atoms with E-state index in [9.17, 15) is 14.4 Å². The molecular weight excluding hydrogens is 466 g/mol. The number of carboxylic acid groups (broad SMARTS) is 1. The van der Waals surface area contributed by atoms with Crippen LogP contribution in [0.25, 0.3) is 11.1 Å². The second-order valence-electron chi connectivity index (χ2n) is 8.04. The summed E-state index contributed by atoms with van der Waals surface area (Å²) in [5, 5.41) is 16.1. The fraction of sp³-hybridized carbons (Fsp3) is 0.231. The van der Waals surface area contributed by atoms with Crippen LogP contribution >= 0.6 is 11.3 Å². The second-order valence-corrected chi connectivity index (χ2v) is 8.93. The van der Waals surface area contributed by atoms with Crippen LogP contribution in [0.2, 0.25) is 0 Å². The number of rotatable bonds is 8. The number of fused-ring (bicyclic) bond motifs is 3. The van der Waals surface area contributed by atoms with Crippen molar-refractivity contribution in [2.45, 2.75) is 31.3 Å². The molecule has 0 spiro atoms. The predicted molar refractivity (Wildman–Crippen MR) is 131 cm³/mol. The number of carboxylic acids is 1. The predicted octanol–water partition coefficient (Wildman–Crippen LogP) is 3.95. The summed E-state index contributed by atoms with van der Waals surface area (Å²) in [6.07, 6.45) is 4.61. The molecule has 2 aromatic carbocycles. The van der Waals surface area contributed by atoms with Crippen molar-refractivity contribution in [1.82, 2.24) is 15.6 Å². The minimum absolute atomic E-state index is 0.0407. The maximum Gasteiger partial charge on any atom is 0.407 e. The summed E-state index contributed by atoms with van der Waals surface area (Å²) < 4.78 is 5.51. The second kappa shape index (κ2) is 10.4. The van der Waals surface area contributed by atoms with Crippen LogP contribution in [-0.4, -0.2) is 40.7 Å². The van der Waals surface area contributed by atoms with Gasteiger partial charge in [-0.1, -0.05) is 48.5 Å². The quantitative estimate of drug-likeness (QED) is 0.413. The van der Waals surface area contributed by atoms with E-state index in [4.69, 9.17) is 16.3 Å². The van der Waals surface area contributed by atoms with Gasteiger partial charge in [-0.2, -0.15) is 0 Å². The Morgan fingerprint density at radius 1 is 1.11 bits per heavy atom. The van der Waals surface area contributed by atoms with E-state index in [0.717, 1.165) is 33.6 Å². The topological polar surface area (TPSA) is 118 Å². The minimum Gasteiger partial charge on any atom is -0.476 e.